The Balaban J connectivity index is 1.39. The lowest BCUT2D eigenvalue weighted by Gasteiger charge is -2.30. The molecule has 33 heavy (non-hydrogen) atoms. The molecule has 0 saturated heterocycles. The Morgan fingerprint density at radius 1 is 1.00 bits per heavy atom. The number of benzene rings is 3. The number of nitrogens with zero attached hydrogens (tertiary/aromatic N) is 2. The van der Waals surface area contributed by atoms with E-state index in [-0.39, 0.29) is 5.78 Å². The normalized spacial score (nSPS) is 16.2. The SMILES string of the molecule is Cc1ccc(CN2COc3c(cc4c(c3C)O/C(=C\c3ccc(N(C)C)cc3)C4=O)C2)cc1. The molecule has 0 unspecified atom stereocenters. The predicted octanol–water partition coefficient (Wildman–Crippen LogP) is 5.34. The predicted molar refractivity (Wildman–Crippen MR) is 131 cm³/mol. The number of rotatable bonds is 4. The van der Waals surface area contributed by atoms with E-state index in [0.29, 0.717) is 23.8 Å². The van der Waals surface area contributed by atoms with Crippen LogP contribution in [0.25, 0.3) is 6.08 Å². The number of Topliss-reactive ketones (excluding diaryl/α,β-unsaturated/α-hetero) is 1. The number of allylic oxidation sites excluding steroid dienone is 1. The summed E-state index contributed by atoms with van der Waals surface area (Å²) >= 11 is 0. The van der Waals surface area contributed by atoms with Crippen molar-refractivity contribution < 1.29 is 14.3 Å². The van der Waals surface area contributed by atoms with Crippen LogP contribution in [-0.4, -0.2) is 31.5 Å². The molecule has 2 aliphatic heterocycles. The molecule has 0 fully saturated rings. The van der Waals surface area contributed by atoms with Gasteiger partial charge in [0, 0.05) is 44.0 Å². The minimum absolute atomic E-state index is 0.0803. The maximum atomic E-state index is 13.2. The van der Waals surface area contributed by atoms with E-state index in [1.54, 1.807) is 0 Å². The van der Waals surface area contributed by atoms with Gasteiger partial charge in [-0.25, -0.2) is 0 Å². The molecule has 5 nitrogen and oxygen atoms in total. The van der Waals surface area contributed by atoms with Gasteiger partial charge >= 0.3 is 0 Å². The second-order valence-corrected chi connectivity index (χ2v) is 9.04. The van der Waals surface area contributed by atoms with Crippen LogP contribution in [0.3, 0.4) is 0 Å². The van der Waals surface area contributed by atoms with Crippen molar-refractivity contribution in [1.29, 1.82) is 0 Å². The van der Waals surface area contributed by atoms with Gasteiger partial charge < -0.3 is 14.4 Å². The minimum Gasteiger partial charge on any atom is -0.477 e. The molecule has 0 bridgehead atoms. The first-order chi connectivity index (χ1) is 15.9. The van der Waals surface area contributed by atoms with Gasteiger partial charge in [-0.15, -0.1) is 0 Å². The zero-order valence-corrected chi connectivity index (χ0v) is 19.5. The van der Waals surface area contributed by atoms with E-state index in [9.17, 15) is 4.79 Å². The molecule has 168 valence electrons. The Hall–Kier alpha value is -3.57. The van der Waals surface area contributed by atoms with Crippen LogP contribution in [0.4, 0.5) is 5.69 Å². The van der Waals surface area contributed by atoms with Gasteiger partial charge in [-0.1, -0.05) is 42.0 Å². The second kappa shape index (κ2) is 8.41. The summed E-state index contributed by atoms with van der Waals surface area (Å²) in [6.45, 7) is 6.10. The van der Waals surface area contributed by atoms with Crippen molar-refractivity contribution in [2.24, 2.45) is 0 Å². The molecule has 0 amide bonds. The summed E-state index contributed by atoms with van der Waals surface area (Å²) in [6, 6.07) is 18.5. The highest BCUT2D eigenvalue weighted by Gasteiger charge is 2.33. The smallest absolute Gasteiger partial charge is 0.231 e. The van der Waals surface area contributed by atoms with E-state index < -0.39 is 0 Å². The van der Waals surface area contributed by atoms with Gasteiger partial charge in [-0.2, -0.15) is 0 Å². The van der Waals surface area contributed by atoms with Gasteiger partial charge in [-0.3, -0.25) is 9.69 Å². The van der Waals surface area contributed by atoms with Crippen LogP contribution in [0.2, 0.25) is 0 Å². The number of ether oxygens (including phenoxy) is 2. The molecule has 0 atom stereocenters. The fourth-order valence-electron chi connectivity index (χ4n) is 4.37. The van der Waals surface area contributed by atoms with Gasteiger partial charge in [0.2, 0.25) is 5.78 Å². The molecular weight excluding hydrogens is 412 g/mol. The number of hydrogen-bond donors (Lipinski definition) is 0. The minimum atomic E-state index is -0.0803. The van der Waals surface area contributed by atoms with Gasteiger partial charge in [0.25, 0.3) is 0 Å². The van der Waals surface area contributed by atoms with Crippen LogP contribution in [0.1, 0.15) is 38.2 Å². The second-order valence-electron chi connectivity index (χ2n) is 9.04. The molecule has 3 aromatic rings. The number of hydrogen-bond acceptors (Lipinski definition) is 5. The summed E-state index contributed by atoms with van der Waals surface area (Å²) in [5.74, 6) is 1.72. The van der Waals surface area contributed by atoms with Gasteiger partial charge in [-0.05, 0) is 49.2 Å². The largest absolute Gasteiger partial charge is 0.477 e. The average molecular weight is 441 g/mol. The van der Waals surface area contributed by atoms with E-state index in [1.807, 2.05) is 62.3 Å². The van der Waals surface area contributed by atoms with Crippen LogP contribution < -0.4 is 14.4 Å². The molecule has 0 aliphatic carbocycles. The van der Waals surface area contributed by atoms with E-state index in [0.717, 1.165) is 41.2 Å². The summed E-state index contributed by atoms with van der Waals surface area (Å²) in [7, 11) is 4.00. The van der Waals surface area contributed by atoms with Crippen molar-refractivity contribution in [3.8, 4) is 11.5 Å². The molecule has 5 heteroatoms. The standard InChI is InChI=1S/C28H28N2O3/c1-18-5-7-21(8-6-18)15-30-16-22-14-24-26(31)25(33-28(24)19(2)27(22)32-17-30)13-20-9-11-23(12-10-20)29(3)4/h5-14H,15-17H2,1-4H3/b25-13-. The van der Waals surface area contributed by atoms with E-state index in [2.05, 4.69) is 36.1 Å². The molecule has 0 N–H and O–H groups in total. The highest BCUT2D eigenvalue weighted by atomic mass is 16.5. The third-order valence-corrected chi connectivity index (χ3v) is 6.24. The zero-order valence-electron chi connectivity index (χ0n) is 19.5. The van der Waals surface area contributed by atoms with Crippen LogP contribution in [0.5, 0.6) is 11.5 Å². The van der Waals surface area contributed by atoms with E-state index >= 15 is 0 Å². The first kappa shape index (κ1) is 21.3. The van der Waals surface area contributed by atoms with Crippen molar-refractivity contribution in [2.45, 2.75) is 26.9 Å². The van der Waals surface area contributed by atoms with Crippen LogP contribution >= 0.6 is 0 Å². The summed E-state index contributed by atoms with van der Waals surface area (Å²) in [5.41, 5.74) is 7.06. The summed E-state index contributed by atoms with van der Waals surface area (Å²) in [6.07, 6.45) is 1.81. The van der Waals surface area contributed by atoms with Crippen molar-refractivity contribution in [3.05, 3.63) is 93.7 Å². The topological polar surface area (TPSA) is 42.0 Å². The Kier molecular flexibility index (Phi) is 5.43. The van der Waals surface area contributed by atoms with E-state index in [4.69, 9.17) is 9.47 Å². The van der Waals surface area contributed by atoms with Crippen LogP contribution in [0, 0.1) is 13.8 Å². The summed E-state index contributed by atoms with van der Waals surface area (Å²) in [5, 5.41) is 0. The third-order valence-electron chi connectivity index (χ3n) is 6.24. The number of ketones is 1. The lowest BCUT2D eigenvalue weighted by atomic mass is 9.99. The molecule has 3 aromatic carbocycles. The quantitative estimate of drug-likeness (QED) is 0.513. The molecule has 5 rings (SSSR count). The number of fused-ring (bicyclic) bond motifs is 2. The third kappa shape index (κ3) is 4.12. The monoisotopic (exact) mass is 440 g/mol. The first-order valence-electron chi connectivity index (χ1n) is 11.2. The molecular formula is C28H28N2O3. The summed E-state index contributed by atoms with van der Waals surface area (Å²) < 4.78 is 12.2. The molecule has 0 aromatic heterocycles. The van der Waals surface area contributed by atoms with Gasteiger partial charge in [0.05, 0.1) is 5.56 Å². The van der Waals surface area contributed by atoms with Crippen molar-refractivity contribution in [2.75, 3.05) is 25.7 Å². The maximum Gasteiger partial charge on any atom is 0.231 e. The number of carbonyl (C=O) groups excluding carboxylic acids is 1. The Bertz CT molecular complexity index is 1240. The lowest BCUT2D eigenvalue weighted by Crippen LogP contribution is -2.32. The lowest BCUT2D eigenvalue weighted by molar-refractivity contribution is 0.0876. The first-order valence-corrected chi connectivity index (χ1v) is 11.2. The highest BCUT2D eigenvalue weighted by Crippen LogP contribution is 2.43. The Morgan fingerprint density at radius 3 is 2.42 bits per heavy atom. The van der Waals surface area contributed by atoms with Crippen LogP contribution in [-0.2, 0) is 13.1 Å². The maximum absolute atomic E-state index is 13.2. The number of anilines is 1. The van der Waals surface area contributed by atoms with Crippen LogP contribution in [0.15, 0.2) is 60.4 Å². The zero-order chi connectivity index (χ0) is 23.1. The molecule has 2 aliphatic rings. The number of carbonyl (C=O) groups is 1. The van der Waals surface area contributed by atoms with Crippen molar-refractivity contribution in [1.82, 2.24) is 4.90 Å². The molecule has 0 radical (unpaired) electrons. The fourth-order valence-corrected chi connectivity index (χ4v) is 4.37. The molecule has 0 spiro atoms. The van der Waals surface area contributed by atoms with Crippen molar-refractivity contribution >= 4 is 17.5 Å². The number of aryl methyl sites for hydroxylation is 1. The van der Waals surface area contributed by atoms with Gasteiger partial charge in [0.15, 0.2) is 5.76 Å². The summed E-state index contributed by atoms with van der Waals surface area (Å²) in [4.78, 5) is 17.4. The Labute approximate surface area is 194 Å². The average Bonchev–Trinajstić information content (AvgIpc) is 3.11. The van der Waals surface area contributed by atoms with E-state index in [1.165, 1.54) is 11.1 Å². The Morgan fingerprint density at radius 2 is 1.73 bits per heavy atom. The van der Waals surface area contributed by atoms with Gasteiger partial charge in [0.1, 0.15) is 18.2 Å². The molecule has 2 heterocycles. The van der Waals surface area contributed by atoms with Crippen molar-refractivity contribution in [3.63, 3.8) is 0 Å². The molecule has 0 saturated carbocycles. The fraction of sp³-hybridized carbons (Fsp3) is 0.250. The highest BCUT2D eigenvalue weighted by molar-refractivity contribution is 6.15.